The number of morpholine rings is 1. The van der Waals surface area contributed by atoms with Crippen molar-refractivity contribution in [3.8, 4) is 5.69 Å². The van der Waals surface area contributed by atoms with Gasteiger partial charge in [0.25, 0.3) is 11.8 Å². The minimum atomic E-state index is -1.91. The highest BCUT2D eigenvalue weighted by atomic mass is 19.1. The summed E-state index contributed by atoms with van der Waals surface area (Å²) in [5.41, 5.74) is 5.68. The first-order valence-electron chi connectivity index (χ1n) is 10.8. The summed E-state index contributed by atoms with van der Waals surface area (Å²) in [6, 6.07) is 6.17. The van der Waals surface area contributed by atoms with Gasteiger partial charge in [-0.1, -0.05) is 5.16 Å². The summed E-state index contributed by atoms with van der Waals surface area (Å²) >= 11 is 0. The number of nitrogens with two attached hydrogens (primary N) is 1. The molecule has 4 heterocycles. The number of fused-ring (bicyclic) bond motifs is 1. The van der Waals surface area contributed by atoms with Crippen molar-refractivity contribution in [1.82, 2.24) is 25.1 Å². The number of nitrogen functional groups attached to an aromatic ring is 1. The van der Waals surface area contributed by atoms with Gasteiger partial charge in [-0.15, -0.1) is 5.10 Å². The zero-order chi connectivity index (χ0) is 25.6. The van der Waals surface area contributed by atoms with Crippen LogP contribution in [-0.2, 0) is 14.3 Å². The summed E-state index contributed by atoms with van der Waals surface area (Å²) in [5.74, 6) is -2.60. The fourth-order valence-corrected chi connectivity index (χ4v) is 3.89. The molecule has 0 saturated carbocycles. The van der Waals surface area contributed by atoms with Gasteiger partial charge in [-0.05, 0) is 32.0 Å². The summed E-state index contributed by atoms with van der Waals surface area (Å²) in [6.07, 6.45) is 0.350. The normalized spacial score (nSPS) is 18.4. The van der Waals surface area contributed by atoms with Gasteiger partial charge in [0.1, 0.15) is 0 Å². The molecule has 5 rings (SSSR count). The number of ether oxygens (including phenoxy) is 1. The van der Waals surface area contributed by atoms with E-state index in [1.54, 1.807) is 26.0 Å². The van der Waals surface area contributed by atoms with E-state index in [1.807, 2.05) is 0 Å². The number of nitrogens with one attached hydrogen (secondary N) is 1. The smallest absolute Gasteiger partial charge is 0.260 e. The lowest BCUT2D eigenvalue weighted by Crippen LogP contribution is -2.61. The number of rotatable bonds is 5. The molecular weight excluding hydrogens is 475 g/mol. The van der Waals surface area contributed by atoms with E-state index in [2.05, 4.69) is 25.8 Å². The maximum absolute atomic E-state index is 14.9. The van der Waals surface area contributed by atoms with E-state index >= 15 is 0 Å². The predicted octanol–water partition coefficient (Wildman–Crippen LogP) is 1.03. The monoisotopic (exact) mass is 496 g/mol. The maximum Gasteiger partial charge on any atom is 0.260 e. The van der Waals surface area contributed by atoms with Crippen LogP contribution in [0.2, 0.25) is 0 Å². The van der Waals surface area contributed by atoms with Crippen LogP contribution in [0.3, 0.4) is 0 Å². The molecule has 2 atom stereocenters. The number of aliphatic hydroxyl groups excluding tert-OH is 1. The van der Waals surface area contributed by atoms with Crippen molar-refractivity contribution in [2.45, 2.75) is 31.7 Å². The SMILES string of the molecule is CC1(C)CN(c2nn(-c3ccnnc3)cc2F)C(=O)C(C(O)C(=O)Nc2ccc3c(N)noc3c2)O1. The molecule has 1 aliphatic heterocycles. The number of aromatic nitrogens is 5. The average Bonchev–Trinajstić information content (AvgIpc) is 3.42. The number of amides is 2. The van der Waals surface area contributed by atoms with Gasteiger partial charge >= 0.3 is 0 Å². The molecule has 186 valence electrons. The Bertz CT molecular complexity index is 1450. The summed E-state index contributed by atoms with van der Waals surface area (Å²) in [5, 5.41) is 29.0. The third-order valence-electron chi connectivity index (χ3n) is 5.56. The number of anilines is 3. The van der Waals surface area contributed by atoms with Crippen molar-refractivity contribution in [2.75, 3.05) is 22.5 Å². The Morgan fingerprint density at radius 1 is 1.33 bits per heavy atom. The number of hydrogen-bond acceptors (Lipinski definition) is 10. The van der Waals surface area contributed by atoms with Gasteiger partial charge < -0.3 is 25.4 Å². The Kier molecular flexibility index (Phi) is 5.61. The van der Waals surface area contributed by atoms with Gasteiger partial charge in [0.05, 0.1) is 41.8 Å². The van der Waals surface area contributed by atoms with E-state index in [0.29, 0.717) is 16.7 Å². The molecule has 4 aromatic rings. The van der Waals surface area contributed by atoms with E-state index < -0.39 is 35.4 Å². The molecule has 0 spiro atoms. The largest absolute Gasteiger partial charge is 0.380 e. The quantitative estimate of drug-likeness (QED) is 0.362. The van der Waals surface area contributed by atoms with Crippen molar-refractivity contribution in [1.29, 1.82) is 0 Å². The van der Waals surface area contributed by atoms with E-state index in [4.69, 9.17) is 15.0 Å². The second-order valence-corrected chi connectivity index (χ2v) is 8.78. The Labute approximate surface area is 202 Å². The molecule has 3 aromatic heterocycles. The summed E-state index contributed by atoms with van der Waals surface area (Å²) < 4.78 is 26.9. The molecule has 4 N–H and O–H groups in total. The van der Waals surface area contributed by atoms with Crippen LogP contribution in [0.5, 0.6) is 0 Å². The van der Waals surface area contributed by atoms with E-state index in [9.17, 15) is 19.1 Å². The average molecular weight is 496 g/mol. The number of benzene rings is 1. The van der Waals surface area contributed by atoms with Crippen LogP contribution in [0.25, 0.3) is 16.7 Å². The Morgan fingerprint density at radius 3 is 2.89 bits per heavy atom. The molecule has 1 saturated heterocycles. The topological polar surface area (TPSA) is 175 Å². The molecule has 0 aliphatic carbocycles. The van der Waals surface area contributed by atoms with Crippen molar-refractivity contribution >= 4 is 40.1 Å². The number of carbonyl (C=O) groups excluding carboxylic acids is 2. The molecular formula is C22H21FN8O5. The summed E-state index contributed by atoms with van der Waals surface area (Å²) in [4.78, 5) is 27.1. The fourth-order valence-electron chi connectivity index (χ4n) is 3.89. The molecule has 2 amide bonds. The van der Waals surface area contributed by atoms with Crippen molar-refractivity contribution in [2.24, 2.45) is 0 Å². The molecule has 1 aliphatic rings. The summed E-state index contributed by atoms with van der Waals surface area (Å²) in [6.45, 7) is 3.23. The van der Waals surface area contributed by atoms with Crippen LogP contribution in [0.1, 0.15) is 13.8 Å². The Balaban J connectivity index is 1.38. The van der Waals surface area contributed by atoms with Crippen LogP contribution in [0, 0.1) is 5.82 Å². The highest BCUT2D eigenvalue weighted by Crippen LogP contribution is 2.30. The Hall–Kier alpha value is -4.43. The zero-order valence-electron chi connectivity index (χ0n) is 19.1. The predicted molar refractivity (Wildman–Crippen MR) is 123 cm³/mol. The highest BCUT2D eigenvalue weighted by Gasteiger charge is 2.47. The van der Waals surface area contributed by atoms with E-state index in [1.165, 1.54) is 29.2 Å². The minimum Gasteiger partial charge on any atom is -0.380 e. The number of nitrogens with zero attached hydrogens (tertiary/aromatic N) is 6. The molecule has 2 unspecified atom stereocenters. The second kappa shape index (κ2) is 8.66. The van der Waals surface area contributed by atoms with Gasteiger partial charge in [0.15, 0.2) is 35.2 Å². The molecule has 1 fully saturated rings. The van der Waals surface area contributed by atoms with Crippen molar-refractivity contribution in [3.05, 3.63) is 48.7 Å². The van der Waals surface area contributed by atoms with Crippen molar-refractivity contribution in [3.63, 3.8) is 0 Å². The number of aliphatic hydroxyl groups is 1. The number of halogens is 1. The van der Waals surface area contributed by atoms with Gasteiger partial charge in [-0.25, -0.2) is 9.07 Å². The number of hydrogen-bond donors (Lipinski definition) is 3. The van der Waals surface area contributed by atoms with Crippen LogP contribution in [0.15, 0.2) is 47.4 Å². The molecule has 13 nitrogen and oxygen atoms in total. The maximum atomic E-state index is 14.9. The molecule has 0 bridgehead atoms. The van der Waals surface area contributed by atoms with Crippen LogP contribution < -0.4 is 16.0 Å². The number of carbonyl (C=O) groups is 2. The highest BCUT2D eigenvalue weighted by molar-refractivity contribution is 6.04. The van der Waals surface area contributed by atoms with E-state index in [0.717, 1.165) is 11.1 Å². The van der Waals surface area contributed by atoms with Gasteiger partial charge in [0, 0.05) is 11.8 Å². The fraction of sp³-hybridized carbons (Fsp3) is 0.273. The van der Waals surface area contributed by atoms with Crippen LogP contribution >= 0.6 is 0 Å². The Morgan fingerprint density at radius 2 is 2.14 bits per heavy atom. The third-order valence-corrected chi connectivity index (χ3v) is 5.56. The first-order valence-corrected chi connectivity index (χ1v) is 10.8. The molecule has 36 heavy (non-hydrogen) atoms. The second-order valence-electron chi connectivity index (χ2n) is 8.78. The van der Waals surface area contributed by atoms with E-state index in [-0.39, 0.29) is 23.9 Å². The summed E-state index contributed by atoms with van der Waals surface area (Å²) in [7, 11) is 0. The lowest BCUT2D eigenvalue weighted by Gasteiger charge is -2.42. The van der Waals surface area contributed by atoms with Crippen LogP contribution in [-0.4, -0.2) is 66.4 Å². The van der Waals surface area contributed by atoms with Gasteiger partial charge in [-0.2, -0.15) is 10.2 Å². The van der Waals surface area contributed by atoms with Gasteiger partial charge in [-0.3, -0.25) is 14.5 Å². The van der Waals surface area contributed by atoms with Crippen molar-refractivity contribution < 1.29 is 28.3 Å². The lowest BCUT2D eigenvalue weighted by atomic mass is 10.0. The zero-order valence-corrected chi connectivity index (χ0v) is 19.1. The third kappa shape index (κ3) is 4.23. The lowest BCUT2D eigenvalue weighted by molar-refractivity contribution is -0.169. The van der Waals surface area contributed by atoms with Crippen LogP contribution in [0.4, 0.5) is 21.7 Å². The standard InChI is InChI=1S/C22H21FN8O5/c1-22(2)10-30(19-14(23)9-31(28-19)12-5-6-25-26-8-12)21(34)17(35-22)16(32)20(33)27-11-3-4-13-15(7-11)36-29-18(13)24/h3-9,16-17,32H,10H2,1-2H3,(H2,24,29)(H,27,33). The molecule has 14 heteroatoms. The minimum absolute atomic E-state index is 0.0667. The molecule has 0 radical (unpaired) electrons. The van der Waals surface area contributed by atoms with Gasteiger partial charge in [0.2, 0.25) is 0 Å². The first kappa shape index (κ1) is 23.3. The molecule has 1 aromatic carbocycles. The first-order chi connectivity index (χ1) is 17.1.